The molecule has 1 fully saturated rings. The number of thiocarbonyl (C=S) groups is 1. The van der Waals surface area contributed by atoms with E-state index in [2.05, 4.69) is 12.2 Å². The Morgan fingerprint density at radius 3 is 2.80 bits per heavy atom. The molecule has 0 saturated carbocycles. The first-order chi connectivity index (χ1) is 7.05. The van der Waals surface area contributed by atoms with Gasteiger partial charge in [0.25, 0.3) is 0 Å². The standard InChI is InChI=1S/C9H18N2O2S2/c1-2-4-10-9(14)11-5-3-7-15(12,13)8-6-11/h2-8H2,1H3,(H,10,14). The maximum Gasteiger partial charge on any atom is 0.168 e. The van der Waals surface area contributed by atoms with E-state index in [1.54, 1.807) is 0 Å². The van der Waals surface area contributed by atoms with Crippen molar-refractivity contribution in [1.82, 2.24) is 10.2 Å². The lowest BCUT2D eigenvalue weighted by Crippen LogP contribution is -2.41. The van der Waals surface area contributed by atoms with Crippen LogP contribution in [0.3, 0.4) is 0 Å². The van der Waals surface area contributed by atoms with Crippen LogP contribution in [-0.2, 0) is 9.84 Å². The van der Waals surface area contributed by atoms with E-state index in [9.17, 15) is 8.42 Å². The van der Waals surface area contributed by atoms with Crippen LogP contribution in [0, 0.1) is 0 Å². The third-order valence-corrected chi connectivity index (χ3v) is 4.49. The molecule has 0 aromatic carbocycles. The van der Waals surface area contributed by atoms with Gasteiger partial charge in [0, 0.05) is 19.6 Å². The van der Waals surface area contributed by atoms with Gasteiger partial charge < -0.3 is 10.2 Å². The Kier molecular flexibility index (Phi) is 4.79. The summed E-state index contributed by atoms with van der Waals surface area (Å²) < 4.78 is 22.7. The Morgan fingerprint density at radius 2 is 2.13 bits per heavy atom. The minimum Gasteiger partial charge on any atom is -0.363 e. The zero-order valence-electron chi connectivity index (χ0n) is 9.03. The van der Waals surface area contributed by atoms with E-state index in [4.69, 9.17) is 12.2 Å². The zero-order valence-corrected chi connectivity index (χ0v) is 10.7. The molecule has 6 heteroatoms. The summed E-state index contributed by atoms with van der Waals surface area (Å²) in [6.07, 6.45) is 1.70. The normalized spacial score (nSPS) is 20.7. The van der Waals surface area contributed by atoms with Gasteiger partial charge in [0.1, 0.15) is 0 Å². The van der Waals surface area contributed by atoms with Crippen LogP contribution >= 0.6 is 12.2 Å². The van der Waals surface area contributed by atoms with Gasteiger partial charge in [-0.3, -0.25) is 0 Å². The SMILES string of the molecule is CCCNC(=S)N1CCCS(=O)(=O)CC1. The van der Waals surface area contributed by atoms with Crippen LogP contribution in [0.2, 0.25) is 0 Å². The summed E-state index contributed by atoms with van der Waals surface area (Å²) in [7, 11) is -2.84. The molecule has 0 amide bonds. The summed E-state index contributed by atoms with van der Waals surface area (Å²) in [4.78, 5) is 1.95. The van der Waals surface area contributed by atoms with Crippen LogP contribution in [0.4, 0.5) is 0 Å². The first-order valence-electron chi connectivity index (χ1n) is 5.28. The fraction of sp³-hybridized carbons (Fsp3) is 0.889. The lowest BCUT2D eigenvalue weighted by molar-refractivity contribution is 0.441. The molecule has 15 heavy (non-hydrogen) atoms. The molecule has 0 radical (unpaired) electrons. The molecule has 0 spiro atoms. The molecule has 1 rings (SSSR count). The van der Waals surface area contributed by atoms with Crippen LogP contribution in [0.5, 0.6) is 0 Å². The number of hydrogen-bond donors (Lipinski definition) is 1. The van der Waals surface area contributed by atoms with E-state index in [1.165, 1.54) is 0 Å². The molecule has 0 atom stereocenters. The van der Waals surface area contributed by atoms with Crippen molar-refractivity contribution in [2.45, 2.75) is 19.8 Å². The first kappa shape index (κ1) is 12.7. The first-order valence-corrected chi connectivity index (χ1v) is 7.51. The van der Waals surface area contributed by atoms with Gasteiger partial charge in [0.2, 0.25) is 0 Å². The van der Waals surface area contributed by atoms with Gasteiger partial charge in [-0.05, 0) is 25.1 Å². The summed E-state index contributed by atoms with van der Waals surface area (Å²) in [6, 6.07) is 0. The molecule has 1 heterocycles. The van der Waals surface area contributed by atoms with Crippen molar-refractivity contribution in [2.75, 3.05) is 31.1 Å². The van der Waals surface area contributed by atoms with Gasteiger partial charge in [0.15, 0.2) is 14.9 Å². The molecule has 0 bridgehead atoms. The van der Waals surface area contributed by atoms with Crippen molar-refractivity contribution in [2.24, 2.45) is 0 Å². The lowest BCUT2D eigenvalue weighted by atomic mass is 10.4. The summed E-state index contributed by atoms with van der Waals surface area (Å²) >= 11 is 5.19. The minimum absolute atomic E-state index is 0.223. The Labute approximate surface area is 96.9 Å². The van der Waals surface area contributed by atoms with Gasteiger partial charge in [-0.1, -0.05) is 6.92 Å². The van der Waals surface area contributed by atoms with Crippen LogP contribution in [0.25, 0.3) is 0 Å². The van der Waals surface area contributed by atoms with E-state index in [1.807, 2.05) is 4.90 Å². The second-order valence-electron chi connectivity index (χ2n) is 3.72. The van der Waals surface area contributed by atoms with Gasteiger partial charge in [0.05, 0.1) is 11.5 Å². The molecular formula is C9H18N2O2S2. The van der Waals surface area contributed by atoms with E-state index < -0.39 is 9.84 Å². The highest BCUT2D eigenvalue weighted by molar-refractivity contribution is 7.91. The number of nitrogens with one attached hydrogen (secondary N) is 1. The lowest BCUT2D eigenvalue weighted by Gasteiger charge is -2.23. The van der Waals surface area contributed by atoms with Crippen LogP contribution < -0.4 is 5.32 Å². The molecule has 4 nitrogen and oxygen atoms in total. The second kappa shape index (κ2) is 5.65. The Hall–Kier alpha value is -0.360. The molecule has 0 aliphatic carbocycles. The summed E-state index contributed by atoms with van der Waals surface area (Å²) in [6.45, 7) is 4.19. The van der Waals surface area contributed by atoms with Crippen molar-refractivity contribution in [3.63, 3.8) is 0 Å². The van der Waals surface area contributed by atoms with Crippen LogP contribution in [0.1, 0.15) is 19.8 Å². The van der Waals surface area contributed by atoms with Crippen molar-refractivity contribution >= 4 is 27.2 Å². The average Bonchev–Trinajstić information content (AvgIpc) is 2.36. The fourth-order valence-corrected chi connectivity index (χ4v) is 3.04. The van der Waals surface area contributed by atoms with E-state index in [0.717, 1.165) is 19.5 Å². The molecule has 0 aromatic heterocycles. The molecule has 0 unspecified atom stereocenters. The molecule has 88 valence electrons. The zero-order chi connectivity index (χ0) is 11.3. The van der Waals surface area contributed by atoms with Crippen molar-refractivity contribution in [3.8, 4) is 0 Å². The third-order valence-electron chi connectivity index (χ3n) is 2.37. The fourth-order valence-electron chi connectivity index (χ4n) is 1.49. The Balaban J connectivity index is 2.47. The van der Waals surface area contributed by atoms with Crippen molar-refractivity contribution in [3.05, 3.63) is 0 Å². The molecule has 1 aliphatic rings. The summed E-state index contributed by atoms with van der Waals surface area (Å²) in [5.41, 5.74) is 0. The minimum atomic E-state index is -2.84. The third kappa shape index (κ3) is 4.34. The number of sulfone groups is 1. The molecule has 1 saturated heterocycles. The average molecular weight is 250 g/mol. The molecule has 1 aliphatic heterocycles. The number of hydrogen-bond acceptors (Lipinski definition) is 3. The van der Waals surface area contributed by atoms with E-state index in [-0.39, 0.29) is 5.75 Å². The summed E-state index contributed by atoms with van der Waals surface area (Å²) in [5, 5.41) is 3.81. The largest absolute Gasteiger partial charge is 0.363 e. The van der Waals surface area contributed by atoms with E-state index in [0.29, 0.717) is 23.8 Å². The maximum absolute atomic E-state index is 11.4. The predicted octanol–water partition coefficient (Wildman–Crippen LogP) is 0.391. The highest BCUT2D eigenvalue weighted by atomic mass is 32.2. The van der Waals surface area contributed by atoms with Gasteiger partial charge >= 0.3 is 0 Å². The molecule has 1 N–H and O–H groups in total. The Bertz CT molecular complexity index is 314. The maximum atomic E-state index is 11.4. The van der Waals surface area contributed by atoms with Crippen molar-refractivity contribution < 1.29 is 8.42 Å². The predicted molar refractivity (Wildman–Crippen MR) is 65.7 cm³/mol. The van der Waals surface area contributed by atoms with Gasteiger partial charge in [-0.25, -0.2) is 8.42 Å². The number of rotatable bonds is 2. The second-order valence-corrected chi connectivity index (χ2v) is 6.41. The van der Waals surface area contributed by atoms with Gasteiger partial charge in [-0.2, -0.15) is 0 Å². The quantitative estimate of drug-likeness (QED) is 0.719. The Morgan fingerprint density at radius 1 is 1.40 bits per heavy atom. The van der Waals surface area contributed by atoms with Gasteiger partial charge in [-0.15, -0.1) is 0 Å². The number of nitrogens with zero attached hydrogens (tertiary/aromatic N) is 1. The highest BCUT2D eigenvalue weighted by Crippen LogP contribution is 2.05. The van der Waals surface area contributed by atoms with Crippen LogP contribution in [0.15, 0.2) is 0 Å². The molecular weight excluding hydrogens is 232 g/mol. The van der Waals surface area contributed by atoms with Crippen LogP contribution in [-0.4, -0.2) is 49.6 Å². The smallest absolute Gasteiger partial charge is 0.168 e. The monoisotopic (exact) mass is 250 g/mol. The van der Waals surface area contributed by atoms with Crippen molar-refractivity contribution in [1.29, 1.82) is 0 Å². The summed E-state index contributed by atoms with van der Waals surface area (Å²) in [5.74, 6) is 0.515. The molecule has 0 aromatic rings. The topological polar surface area (TPSA) is 49.4 Å². The highest BCUT2D eigenvalue weighted by Gasteiger charge is 2.20. The van der Waals surface area contributed by atoms with E-state index >= 15 is 0 Å².